The molecule has 152 valence electrons. The number of ketones is 1. The van der Waals surface area contributed by atoms with Crippen LogP contribution in [0.1, 0.15) is 46.5 Å². The van der Waals surface area contributed by atoms with Crippen molar-refractivity contribution in [1.82, 2.24) is 0 Å². The summed E-state index contributed by atoms with van der Waals surface area (Å²) in [4.78, 5) is 13.5. The van der Waals surface area contributed by atoms with E-state index in [-0.39, 0.29) is 19.4 Å². The number of hydrogen-bond acceptors (Lipinski definition) is 7. The fraction of sp³-hybridized carbons (Fsp3) is 0.950. The molecule has 5 N–H and O–H groups in total. The third-order valence-corrected chi connectivity index (χ3v) is 9.25. The van der Waals surface area contributed by atoms with Crippen molar-refractivity contribution in [2.45, 2.75) is 76.2 Å². The molecule has 6 fully saturated rings. The summed E-state index contributed by atoms with van der Waals surface area (Å²) in [6.45, 7) is 5.41. The number of ether oxygens (including phenoxy) is 1. The summed E-state index contributed by atoms with van der Waals surface area (Å²) in [5.41, 5.74) is -4.75. The first-order valence-corrected chi connectivity index (χ1v) is 10.0. The van der Waals surface area contributed by atoms with Gasteiger partial charge in [-0.3, -0.25) is 4.79 Å². The Morgan fingerprint density at radius 1 is 1.07 bits per heavy atom. The highest BCUT2D eigenvalue weighted by Gasteiger charge is 2.87. The molecule has 2 aliphatic heterocycles. The van der Waals surface area contributed by atoms with Crippen molar-refractivity contribution in [2.75, 3.05) is 6.61 Å². The average molecular weight is 382 g/mol. The molecule has 0 aromatic heterocycles. The van der Waals surface area contributed by atoms with Gasteiger partial charge >= 0.3 is 0 Å². The largest absolute Gasteiger partial charge is 0.393 e. The van der Waals surface area contributed by atoms with E-state index in [1.54, 1.807) is 0 Å². The van der Waals surface area contributed by atoms with E-state index in [4.69, 9.17) is 4.74 Å². The van der Waals surface area contributed by atoms with Gasteiger partial charge in [-0.2, -0.15) is 0 Å². The Morgan fingerprint density at radius 2 is 1.74 bits per heavy atom. The minimum Gasteiger partial charge on any atom is -0.393 e. The lowest BCUT2D eigenvalue weighted by Gasteiger charge is -2.74. The van der Waals surface area contributed by atoms with Crippen LogP contribution in [-0.4, -0.2) is 67.6 Å². The highest BCUT2D eigenvalue weighted by Crippen LogP contribution is 2.76. The van der Waals surface area contributed by atoms with Crippen LogP contribution in [0, 0.1) is 34.0 Å². The Labute approximate surface area is 158 Å². The smallest absolute Gasteiger partial charge is 0.205 e. The Hall–Kier alpha value is -0.570. The van der Waals surface area contributed by atoms with E-state index in [0.29, 0.717) is 12.8 Å². The van der Waals surface area contributed by atoms with Crippen molar-refractivity contribution in [3.63, 3.8) is 0 Å². The SMILES string of the molecule is CC1(C)CC[C@H](O)[C@]23CO[C@](O)([C@@H](O)[C@H]12)[C@@]12C[C@@H](C[C@H](O)[C@@H]31)[C@](C)(O)C2=O. The van der Waals surface area contributed by atoms with Crippen molar-refractivity contribution in [3.8, 4) is 0 Å². The zero-order chi connectivity index (χ0) is 19.8. The minimum atomic E-state index is -2.17. The van der Waals surface area contributed by atoms with Gasteiger partial charge in [0.25, 0.3) is 0 Å². The van der Waals surface area contributed by atoms with Crippen LogP contribution in [0.25, 0.3) is 0 Å². The fourth-order valence-electron chi connectivity index (χ4n) is 8.21. The summed E-state index contributed by atoms with van der Waals surface area (Å²) in [6.07, 6.45) is -1.67. The zero-order valence-corrected chi connectivity index (χ0v) is 16.1. The van der Waals surface area contributed by atoms with Crippen molar-refractivity contribution in [1.29, 1.82) is 0 Å². The molecule has 27 heavy (non-hydrogen) atoms. The van der Waals surface area contributed by atoms with Crippen LogP contribution in [-0.2, 0) is 9.53 Å². The van der Waals surface area contributed by atoms with Crippen LogP contribution in [0.2, 0.25) is 0 Å². The molecule has 0 unspecified atom stereocenters. The van der Waals surface area contributed by atoms with E-state index < -0.39 is 69.5 Å². The van der Waals surface area contributed by atoms with Crippen molar-refractivity contribution in [2.24, 2.45) is 34.0 Å². The number of fused-ring (bicyclic) bond motifs is 2. The van der Waals surface area contributed by atoms with Crippen LogP contribution in [0.15, 0.2) is 0 Å². The van der Waals surface area contributed by atoms with E-state index >= 15 is 0 Å². The van der Waals surface area contributed by atoms with Gasteiger partial charge in [-0.15, -0.1) is 0 Å². The first-order chi connectivity index (χ1) is 12.4. The van der Waals surface area contributed by atoms with E-state index in [1.165, 1.54) is 6.92 Å². The summed E-state index contributed by atoms with van der Waals surface area (Å²) >= 11 is 0. The molecule has 7 nitrogen and oxygen atoms in total. The van der Waals surface area contributed by atoms with E-state index in [1.807, 2.05) is 13.8 Å². The molecule has 6 aliphatic rings. The van der Waals surface area contributed by atoms with Gasteiger partial charge in [0.15, 0.2) is 5.78 Å². The minimum absolute atomic E-state index is 0.0145. The highest BCUT2D eigenvalue weighted by atomic mass is 16.6. The van der Waals surface area contributed by atoms with E-state index in [0.717, 1.165) is 0 Å². The lowest BCUT2D eigenvalue weighted by atomic mass is 9.35. The molecule has 4 aliphatic carbocycles. The maximum absolute atomic E-state index is 13.5. The fourth-order valence-corrected chi connectivity index (χ4v) is 8.21. The number of aliphatic hydroxyl groups is 5. The molecule has 7 heteroatoms. The number of rotatable bonds is 0. The molecular formula is C20H30O7. The number of carbonyl (C=O) groups is 1. The van der Waals surface area contributed by atoms with Gasteiger partial charge in [-0.1, -0.05) is 13.8 Å². The van der Waals surface area contributed by atoms with Gasteiger partial charge in [0, 0.05) is 17.3 Å². The molecule has 0 amide bonds. The zero-order valence-electron chi connectivity index (χ0n) is 16.1. The second kappa shape index (κ2) is 4.77. The first kappa shape index (κ1) is 18.5. The summed E-state index contributed by atoms with van der Waals surface area (Å²) in [7, 11) is 0. The van der Waals surface area contributed by atoms with Crippen molar-refractivity contribution < 1.29 is 35.1 Å². The van der Waals surface area contributed by atoms with Crippen molar-refractivity contribution in [3.05, 3.63) is 0 Å². The molecule has 4 bridgehead atoms. The molecule has 0 radical (unpaired) electrons. The lowest BCUT2D eigenvalue weighted by molar-refractivity contribution is -0.455. The van der Waals surface area contributed by atoms with Crippen LogP contribution >= 0.6 is 0 Å². The maximum Gasteiger partial charge on any atom is 0.205 e. The molecule has 10 atom stereocenters. The molecular weight excluding hydrogens is 352 g/mol. The number of hydrogen-bond donors (Lipinski definition) is 5. The van der Waals surface area contributed by atoms with Gasteiger partial charge < -0.3 is 30.3 Å². The number of Topliss-reactive ketones (excluding diaryl/α,β-unsaturated/α-hetero) is 1. The van der Waals surface area contributed by atoms with Gasteiger partial charge in [0.05, 0.1) is 24.2 Å². The second-order valence-corrected chi connectivity index (χ2v) is 10.7. The van der Waals surface area contributed by atoms with Gasteiger partial charge in [0.2, 0.25) is 5.79 Å². The Balaban J connectivity index is 1.81. The second-order valence-electron chi connectivity index (χ2n) is 10.7. The quantitative estimate of drug-likeness (QED) is 0.385. The summed E-state index contributed by atoms with van der Waals surface area (Å²) < 4.78 is 5.81. The third-order valence-electron chi connectivity index (χ3n) is 9.25. The van der Waals surface area contributed by atoms with Crippen molar-refractivity contribution >= 4 is 5.78 Å². The van der Waals surface area contributed by atoms with E-state index in [2.05, 4.69) is 0 Å². The Morgan fingerprint density at radius 3 is 2.41 bits per heavy atom. The van der Waals surface area contributed by atoms with Gasteiger partial charge in [0.1, 0.15) is 11.7 Å². The van der Waals surface area contributed by atoms with Gasteiger partial charge in [-0.25, -0.2) is 0 Å². The number of carbonyl (C=O) groups excluding carboxylic acids is 1. The van der Waals surface area contributed by atoms with Crippen LogP contribution in [0.5, 0.6) is 0 Å². The van der Waals surface area contributed by atoms with Crippen LogP contribution in [0.3, 0.4) is 0 Å². The Kier molecular flexibility index (Phi) is 3.26. The summed E-state index contributed by atoms with van der Waals surface area (Å²) in [5.74, 6) is -4.54. The van der Waals surface area contributed by atoms with Crippen LogP contribution < -0.4 is 0 Å². The first-order valence-electron chi connectivity index (χ1n) is 10.0. The molecule has 0 aromatic carbocycles. The third kappa shape index (κ3) is 1.63. The average Bonchev–Trinajstić information content (AvgIpc) is 2.73. The molecule has 4 saturated carbocycles. The van der Waals surface area contributed by atoms with E-state index in [9.17, 15) is 30.3 Å². The molecule has 6 rings (SSSR count). The normalized spacial score (nSPS) is 63.6. The molecule has 2 spiro atoms. The summed E-state index contributed by atoms with van der Waals surface area (Å²) in [6, 6.07) is 0. The molecule has 0 aromatic rings. The predicted molar refractivity (Wildman–Crippen MR) is 92.1 cm³/mol. The maximum atomic E-state index is 13.5. The highest BCUT2D eigenvalue weighted by molar-refractivity contribution is 5.97. The monoisotopic (exact) mass is 382 g/mol. The summed E-state index contributed by atoms with van der Waals surface area (Å²) in [5, 5.41) is 56.2. The topological polar surface area (TPSA) is 127 Å². The predicted octanol–water partition coefficient (Wildman–Crippen LogP) is -0.430. The Bertz CT molecular complexity index is 719. The standard InChI is InChI=1S/C20H30O7/c1-16(2)5-4-11(22)18-8-27-20(26,14(23)13(16)18)19-7-9(6-10(21)12(18)19)17(3,25)15(19)24/h9-14,21-23,25-26H,4-8H2,1-3H3/t9-,10+,11+,12+,13-,14+,17+,18+,19+,20-/m1/s1. The molecule has 2 heterocycles. The molecule has 2 saturated heterocycles. The van der Waals surface area contributed by atoms with Crippen LogP contribution in [0.4, 0.5) is 0 Å². The van der Waals surface area contributed by atoms with Gasteiger partial charge in [-0.05, 0) is 43.9 Å². The lowest BCUT2D eigenvalue weighted by Crippen LogP contribution is -2.85. The number of aliphatic hydroxyl groups excluding tert-OH is 3.